The molecule has 1 fully saturated rings. The van der Waals surface area contributed by atoms with Crippen LogP contribution < -0.4 is 0 Å². The average molecular weight is 240 g/mol. The van der Waals surface area contributed by atoms with E-state index in [1.165, 1.54) is 0 Å². The van der Waals surface area contributed by atoms with E-state index in [0.29, 0.717) is 6.54 Å². The van der Waals surface area contributed by atoms with E-state index in [9.17, 15) is 8.42 Å². The first-order valence-corrected chi connectivity index (χ1v) is 7.31. The predicted molar refractivity (Wildman–Crippen MR) is 59.1 cm³/mol. The molecule has 1 aliphatic heterocycles. The van der Waals surface area contributed by atoms with Crippen molar-refractivity contribution in [1.29, 1.82) is 0 Å². The molecule has 1 heterocycles. The van der Waals surface area contributed by atoms with E-state index in [1.54, 1.807) is 4.31 Å². The zero-order valence-corrected chi connectivity index (χ0v) is 10.1. The molecule has 3 nitrogen and oxygen atoms in total. The van der Waals surface area contributed by atoms with Crippen molar-refractivity contribution in [2.75, 3.05) is 18.2 Å². The van der Waals surface area contributed by atoms with Crippen LogP contribution in [-0.2, 0) is 10.0 Å². The van der Waals surface area contributed by atoms with E-state index in [1.807, 2.05) is 6.92 Å². The van der Waals surface area contributed by atoms with Crippen molar-refractivity contribution in [3.05, 3.63) is 0 Å². The molecule has 0 radical (unpaired) electrons. The summed E-state index contributed by atoms with van der Waals surface area (Å²) >= 11 is 5.49. The molecule has 0 N–H and O–H groups in total. The molecular weight excluding hydrogens is 222 g/mol. The van der Waals surface area contributed by atoms with Gasteiger partial charge >= 0.3 is 0 Å². The number of nitrogens with zero attached hydrogens (tertiary/aromatic N) is 1. The molecule has 5 heteroatoms. The summed E-state index contributed by atoms with van der Waals surface area (Å²) in [5, 5.41) is 0. The van der Waals surface area contributed by atoms with Gasteiger partial charge in [-0.05, 0) is 19.3 Å². The molecule has 0 saturated carbocycles. The van der Waals surface area contributed by atoms with Gasteiger partial charge in [-0.25, -0.2) is 8.42 Å². The van der Waals surface area contributed by atoms with Crippen molar-refractivity contribution in [3.63, 3.8) is 0 Å². The Hall–Kier alpha value is 0.200. The second kappa shape index (κ2) is 5.33. The van der Waals surface area contributed by atoms with Gasteiger partial charge in [0.2, 0.25) is 10.0 Å². The summed E-state index contributed by atoms with van der Waals surface area (Å²) < 4.78 is 25.2. The van der Waals surface area contributed by atoms with E-state index < -0.39 is 10.0 Å². The number of hydrogen-bond acceptors (Lipinski definition) is 2. The lowest BCUT2D eigenvalue weighted by atomic mass is 10.0. The summed E-state index contributed by atoms with van der Waals surface area (Å²) in [7, 11) is -3.09. The van der Waals surface area contributed by atoms with Crippen molar-refractivity contribution >= 4 is 21.6 Å². The third kappa shape index (κ3) is 2.84. The predicted octanol–water partition coefficient (Wildman–Crippen LogP) is 1.82. The van der Waals surface area contributed by atoms with Gasteiger partial charge < -0.3 is 0 Å². The van der Waals surface area contributed by atoms with Crippen LogP contribution in [0.1, 0.15) is 32.6 Å². The molecule has 0 bridgehead atoms. The molecule has 84 valence electrons. The highest BCUT2D eigenvalue weighted by Crippen LogP contribution is 2.22. The van der Waals surface area contributed by atoms with Crippen LogP contribution in [0.5, 0.6) is 0 Å². The molecular formula is C9H18ClNO2S. The largest absolute Gasteiger partial charge is 0.215 e. The molecule has 14 heavy (non-hydrogen) atoms. The minimum atomic E-state index is -3.09. The van der Waals surface area contributed by atoms with E-state index in [2.05, 4.69) is 0 Å². The van der Waals surface area contributed by atoms with Crippen LogP contribution in [0.4, 0.5) is 0 Å². The Morgan fingerprint density at radius 2 is 2.14 bits per heavy atom. The van der Waals surface area contributed by atoms with Crippen molar-refractivity contribution in [2.45, 2.75) is 38.6 Å². The first-order chi connectivity index (χ1) is 6.61. The van der Waals surface area contributed by atoms with Gasteiger partial charge in [-0.2, -0.15) is 4.31 Å². The Morgan fingerprint density at radius 3 is 2.71 bits per heavy atom. The SMILES string of the molecule is CCC1CCCCN1S(=O)(=O)CCCl. The van der Waals surface area contributed by atoms with Crippen LogP contribution in [-0.4, -0.2) is 36.9 Å². The van der Waals surface area contributed by atoms with Gasteiger partial charge in [0.1, 0.15) is 0 Å². The standard InChI is InChI=1S/C9H18ClNO2S/c1-2-9-5-3-4-7-11(9)14(12,13)8-6-10/h9H,2-8H2,1H3. The summed E-state index contributed by atoms with van der Waals surface area (Å²) in [5.74, 6) is 0.264. The zero-order valence-electron chi connectivity index (χ0n) is 8.58. The minimum Gasteiger partial charge on any atom is -0.212 e. The van der Waals surface area contributed by atoms with Crippen LogP contribution in [0, 0.1) is 0 Å². The molecule has 0 aliphatic carbocycles. The first kappa shape index (κ1) is 12.3. The number of sulfonamides is 1. The maximum Gasteiger partial charge on any atom is 0.215 e. The average Bonchev–Trinajstić information content (AvgIpc) is 2.18. The minimum absolute atomic E-state index is 0.0745. The van der Waals surface area contributed by atoms with Crippen LogP contribution in [0.25, 0.3) is 0 Å². The highest BCUT2D eigenvalue weighted by Gasteiger charge is 2.30. The summed E-state index contributed by atoms with van der Waals surface area (Å²) in [4.78, 5) is 0. The van der Waals surface area contributed by atoms with E-state index in [-0.39, 0.29) is 17.7 Å². The van der Waals surface area contributed by atoms with E-state index in [0.717, 1.165) is 25.7 Å². The zero-order chi connectivity index (χ0) is 10.6. The monoisotopic (exact) mass is 239 g/mol. The maximum atomic E-state index is 11.8. The molecule has 1 atom stereocenters. The van der Waals surface area contributed by atoms with Crippen molar-refractivity contribution in [2.24, 2.45) is 0 Å². The number of piperidine rings is 1. The van der Waals surface area contributed by atoms with Gasteiger partial charge in [0.05, 0.1) is 5.75 Å². The van der Waals surface area contributed by atoms with Crippen LogP contribution in [0.2, 0.25) is 0 Å². The van der Waals surface area contributed by atoms with Crippen LogP contribution in [0.15, 0.2) is 0 Å². The van der Waals surface area contributed by atoms with Crippen molar-refractivity contribution in [3.8, 4) is 0 Å². The third-order valence-electron chi connectivity index (χ3n) is 2.74. The molecule has 0 aromatic carbocycles. The van der Waals surface area contributed by atoms with Gasteiger partial charge in [-0.3, -0.25) is 0 Å². The Labute approximate surface area is 91.5 Å². The third-order valence-corrected chi connectivity index (χ3v) is 5.07. The van der Waals surface area contributed by atoms with Gasteiger partial charge in [0.15, 0.2) is 0 Å². The molecule has 0 amide bonds. The fraction of sp³-hybridized carbons (Fsp3) is 1.00. The van der Waals surface area contributed by atoms with Crippen LogP contribution in [0.3, 0.4) is 0 Å². The lowest BCUT2D eigenvalue weighted by Crippen LogP contribution is -2.44. The Bertz CT molecular complexity index is 266. The van der Waals surface area contributed by atoms with Gasteiger partial charge in [-0.15, -0.1) is 11.6 Å². The highest BCUT2D eigenvalue weighted by molar-refractivity contribution is 7.89. The summed E-state index contributed by atoms with van der Waals surface area (Å²) in [6, 6.07) is 0.206. The number of halogens is 1. The second-order valence-corrected chi connectivity index (χ2v) is 6.09. The molecule has 1 aliphatic rings. The summed E-state index contributed by atoms with van der Waals surface area (Å²) in [6.07, 6.45) is 4.03. The highest BCUT2D eigenvalue weighted by atomic mass is 35.5. The number of rotatable bonds is 4. The second-order valence-electron chi connectivity index (χ2n) is 3.67. The molecule has 0 aromatic rings. The van der Waals surface area contributed by atoms with E-state index >= 15 is 0 Å². The Balaban J connectivity index is 2.72. The lowest BCUT2D eigenvalue weighted by Gasteiger charge is -2.33. The van der Waals surface area contributed by atoms with Crippen LogP contribution >= 0.6 is 11.6 Å². The fourth-order valence-corrected chi connectivity index (χ4v) is 4.09. The summed E-state index contributed by atoms with van der Waals surface area (Å²) in [5.41, 5.74) is 0. The lowest BCUT2D eigenvalue weighted by molar-refractivity contribution is 0.247. The van der Waals surface area contributed by atoms with E-state index in [4.69, 9.17) is 11.6 Å². The van der Waals surface area contributed by atoms with Gasteiger partial charge in [0.25, 0.3) is 0 Å². The topological polar surface area (TPSA) is 37.4 Å². The smallest absolute Gasteiger partial charge is 0.212 e. The quantitative estimate of drug-likeness (QED) is 0.702. The summed E-state index contributed by atoms with van der Waals surface area (Å²) in [6.45, 7) is 2.72. The fourth-order valence-electron chi connectivity index (χ4n) is 1.96. The Kier molecular flexibility index (Phi) is 4.67. The molecule has 1 saturated heterocycles. The van der Waals surface area contributed by atoms with Crippen molar-refractivity contribution < 1.29 is 8.42 Å². The number of alkyl halides is 1. The molecule has 1 rings (SSSR count). The molecule has 0 spiro atoms. The van der Waals surface area contributed by atoms with Gasteiger partial charge in [0, 0.05) is 18.5 Å². The maximum absolute atomic E-state index is 11.8. The van der Waals surface area contributed by atoms with Crippen molar-refractivity contribution in [1.82, 2.24) is 4.31 Å². The molecule has 0 aromatic heterocycles. The van der Waals surface area contributed by atoms with Gasteiger partial charge in [-0.1, -0.05) is 13.3 Å². The number of hydrogen-bond donors (Lipinski definition) is 0. The normalized spacial score (nSPS) is 25.1. The molecule has 1 unspecified atom stereocenters. The Morgan fingerprint density at radius 1 is 1.43 bits per heavy atom. The first-order valence-electron chi connectivity index (χ1n) is 5.17.